The summed E-state index contributed by atoms with van der Waals surface area (Å²) >= 11 is 1.23. The lowest BCUT2D eigenvalue weighted by Crippen LogP contribution is -2.09. The lowest BCUT2D eigenvalue weighted by Gasteiger charge is -2.11. The van der Waals surface area contributed by atoms with Crippen LogP contribution < -0.4 is 5.32 Å². The van der Waals surface area contributed by atoms with Gasteiger partial charge in [0.25, 0.3) is 0 Å². The monoisotopic (exact) mass is 229 g/mol. The molecule has 1 saturated heterocycles. The van der Waals surface area contributed by atoms with Crippen LogP contribution in [-0.4, -0.2) is 19.3 Å². The van der Waals surface area contributed by atoms with Crippen LogP contribution in [0.25, 0.3) is 0 Å². The van der Waals surface area contributed by atoms with Crippen molar-refractivity contribution in [3.05, 3.63) is 29.3 Å². The Hall–Kier alpha value is -0.610. The van der Waals surface area contributed by atoms with Gasteiger partial charge in [-0.2, -0.15) is 0 Å². The molecule has 15 heavy (non-hydrogen) atoms. The molecule has 0 spiro atoms. The van der Waals surface area contributed by atoms with Gasteiger partial charge in [-0.3, -0.25) is 0 Å². The molecule has 0 amide bonds. The van der Waals surface area contributed by atoms with Crippen molar-refractivity contribution in [2.24, 2.45) is 0 Å². The zero-order chi connectivity index (χ0) is 10.8. The van der Waals surface area contributed by atoms with Gasteiger partial charge in [0.15, 0.2) is 0 Å². The van der Waals surface area contributed by atoms with Gasteiger partial charge in [0.05, 0.1) is 0 Å². The normalized spacial score (nSPS) is 20.9. The molecule has 0 radical (unpaired) electrons. The molecular formula is C11H13F2NS. The summed E-state index contributed by atoms with van der Waals surface area (Å²) in [6, 6.07) is 2.65. The van der Waals surface area contributed by atoms with Crippen LogP contribution >= 0.6 is 11.8 Å². The van der Waals surface area contributed by atoms with E-state index in [1.54, 1.807) is 6.26 Å². The molecule has 1 aromatic carbocycles. The molecule has 1 aliphatic rings. The summed E-state index contributed by atoms with van der Waals surface area (Å²) in [5, 5.41) is 3.15. The number of benzene rings is 1. The molecule has 1 fully saturated rings. The summed E-state index contributed by atoms with van der Waals surface area (Å²) in [6.45, 7) is 1.63. The van der Waals surface area contributed by atoms with Crippen molar-refractivity contribution in [1.82, 2.24) is 5.32 Å². The average molecular weight is 229 g/mol. The Morgan fingerprint density at radius 2 is 2.13 bits per heavy atom. The summed E-state index contributed by atoms with van der Waals surface area (Å²) in [4.78, 5) is 0.377. The summed E-state index contributed by atoms with van der Waals surface area (Å²) in [5.74, 6) is -0.476. The molecule has 82 valence electrons. The number of hydrogen-bond acceptors (Lipinski definition) is 2. The van der Waals surface area contributed by atoms with Crippen molar-refractivity contribution < 1.29 is 8.78 Å². The first-order valence-corrected chi connectivity index (χ1v) is 6.18. The Morgan fingerprint density at radius 3 is 2.73 bits per heavy atom. The zero-order valence-corrected chi connectivity index (χ0v) is 9.33. The van der Waals surface area contributed by atoms with Gasteiger partial charge in [-0.15, -0.1) is 11.8 Å². The number of rotatable bonds is 2. The predicted molar refractivity (Wildman–Crippen MR) is 58.4 cm³/mol. The minimum Gasteiger partial charge on any atom is -0.316 e. The van der Waals surface area contributed by atoms with Crippen molar-refractivity contribution in [3.8, 4) is 0 Å². The Kier molecular flexibility index (Phi) is 3.26. The summed E-state index contributed by atoms with van der Waals surface area (Å²) < 4.78 is 27.1. The molecule has 1 atom stereocenters. The van der Waals surface area contributed by atoms with E-state index in [4.69, 9.17) is 0 Å². The zero-order valence-electron chi connectivity index (χ0n) is 8.52. The van der Waals surface area contributed by atoms with Crippen molar-refractivity contribution >= 4 is 11.8 Å². The minimum absolute atomic E-state index is 0.121. The quantitative estimate of drug-likeness (QED) is 0.783. The maximum absolute atomic E-state index is 13.7. The van der Waals surface area contributed by atoms with E-state index in [1.807, 2.05) is 0 Å². The summed E-state index contributed by atoms with van der Waals surface area (Å²) in [7, 11) is 0. The molecule has 0 aliphatic carbocycles. The van der Waals surface area contributed by atoms with Crippen LogP contribution in [0.5, 0.6) is 0 Å². The van der Waals surface area contributed by atoms with E-state index in [0.717, 1.165) is 19.5 Å². The van der Waals surface area contributed by atoms with Gasteiger partial charge in [-0.1, -0.05) is 0 Å². The van der Waals surface area contributed by atoms with Crippen LogP contribution in [0.1, 0.15) is 17.9 Å². The average Bonchev–Trinajstić information content (AvgIpc) is 2.74. The fourth-order valence-electron chi connectivity index (χ4n) is 1.93. The second-order valence-electron chi connectivity index (χ2n) is 3.70. The van der Waals surface area contributed by atoms with E-state index >= 15 is 0 Å². The van der Waals surface area contributed by atoms with E-state index in [0.29, 0.717) is 10.5 Å². The van der Waals surface area contributed by atoms with Crippen molar-refractivity contribution in [2.45, 2.75) is 17.2 Å². The van der Waals surface area contributed by atoms with Crippen molar-refractivity contribution in [3.63, 3.8) is 0 Å². The van der Waals surface area contributed by atoms with Crippen LogP contribution in [0.15, 0.2) is 17.0 Å². The third-order valence-electron chi connectivity index (χ3n) is 2.77. The van der Waals surface area contributed by atoms with Gasteiger partial charge in [-0.05, 0) is 36.9 Å². The predicted octanol–water partition coefficient (Wildman–Crippen LogP) is 2.76. The van der Waals surface area contributed by atoms with Gasteiger partial charge < -0.3 is 5.32 Å². The molecule has 1 aliphatic heterocycles. The molecule has 1 aromatic rings. The Morgan fingerprint density at radius 1 is 1.33 bits per heavy atom. The third kappa shape index (κ3) is 2.16. The molecule has 2 rings (SSSR count). The van der Waals surface area contributed by atoms with Crippen molar-refractivity contribution in [2.75, 3.05) is 19.3 Å². The molecule has 0 aromatic heterocycles. The first kappa shape index (κ1) is 10.9. The largest absolute Gasteiger partial charge is 0.316 e. The smallest absolute Gasteiger partial charge is 0.137 e. The molecule has 1 heterocycles. The highest BCUT2D eigenvalue weighted by molar-refractivity contribution is 7.98. The third-order valence-corrected chi connectivity index (χ3v) is 3.52. The Bertz CT molecular complexity index is 362. The summed E-state index contributed by atoms with van der Waals surface area (Å²) in [6.07, 6.45) is 2.63. The van der Waals surface area contributed by atoms with E-state index in [1.165, 1.54) is 23.9 Å². The maximum Gasteiger partial charge on any atom is 0.137 e. The van der Waals surface area contributed by atoms with Crippen LogP contribution in [0.4, 0.5) is 8.78 Å². The van der Waals surface area contributed by atoms with Crippen LogP contribution in [0, 0.1) is 11.6 Å². The molecule has 0 bridgehead atoms. The highest BCUT2D eigenvalue weighted by Gasteiger charge is 2.21. The number of nitrogens with one attached hydrogen (secondary N) is 1. The van der Waals surface area contributed by atoms with Gasteiger partial charge in [0.2, 0.25) is 0 Å². The first-order chi connectivity index (χ1) is 7.22. The number of halogens is 2. The molecule has 1 nitrogen and oxygen atoms in total. The first-order valence-electron chi connectivity index (χ1n) is 4.96. The van der Waals surface area contributed by atoms with E-state index in [2.05, 4.69) is 5.32 Å². The van der Waals surface area contributed by atoms with Crippen LogP contribution in [0.2, 0.25) is 0 Å². The van der Waals surface area contributed by atoms with Gasteiger partial charge in [0, 0.05) is 17.4 Å². The molecular weight excluding hydrogens is 216 g/mol. The molecule has 0 saturated carbocycles. The van der Waals surface area contributed by atoms with Gasteiger partial charge in [0.1, 0.15) is 11.6 Å². The minimum atomic E-state index is -0.314. The van der Waals surface area contributed by atoms with E-state index in [-0.39, 0.29) is 17.6 Å². The van der Waals surface area contributed by atoms with E-state index < -0.39 is 0 Å². The topological polar surface area (TPSA) is 12.0 Å². The van der Waals surface area contributed by atoms with E-state index in [9.17, 15) is 8.78 Å². The fourth-order valence-corrected chi connectivity index (χ4v) is 2.41. The Labute approximate surface area is 92.3 Å². The lowest BCUT2D eigenvalue weighted by atomic mass is 9.98. The lowest BCUT2D eigenvalue weighted by molar-refractivity contribution is 0.551. The SMILES string of the molecule is CSc1cc(F)c(C2CCNC2)cc1F. The standard InChI is InChI=1S/C11H13F2NS/c1-15-11-5-9(12)8(4-10(11)13)7-2-3-14-6-7/h4-5,7,14H,2-3,6H2,1H3. The molecule has 4 heteroatoms. The fraction of sp³-hybridized carbons (Fsp3) is 0.455. The number of thioether (sulfide) groups is 1. The highest BCUT2D eigenvalue weighted by Crippen LogP contribution is 2.29. The van der Waals surface area contributed by atoms with Gasteiger partial charge >= 0.3 is 0 Å². The molecule has 1 N–H and O–H groups in total. The van der Waals surface area contributed by atoms with Crippen LogP contribution in [-0.2, 0) is 0 Å². The maximum atomic E-state index is 13.7. The highest BCUT2D eigenvalue weighted by atomic mass is 32.2. The number of hydrogen-bond donors (Lipinski definition) is 1. The second-order valence-corrected chi connectivity index (χ2v) is 4.55. The van der Waals surface area contributed by atoms with Crippen molar-refractivity contribution in [1.29, 1.82) is 0 Å². The summed E-state index contributed by atoms with van der Waals surface area (Å²) in [5.41, 5.74) is 0.510. The second kappa shape index (κ2) is 4.49. The molecule has 1 unspecified atom stereocenters. The van der Waals surface area contributed by atoms with Gasteiger partial charge in [-0.25, -0.2) is 8.78 Å². The van der Waals surface area contributed by atoms with Crippen LogP contribution in [0.3, 0.4) is 0 Å². The Balaban J connectivity index is 2.35.